The van der Waals surface area contributed by atoms with Crippen molar-refractivity contribution in [1.29, 1.82) is 0 Å². The average Bonchev–Trinajstić information content (AvgIpc) is 2.91. The molecule has 1 aliphatic carbocycles. The Bertz CT molecular complexity index is 1010. The molecule has 140 valence electrons. The van der Waals surface area contributed by atoms with E-state index in [1.54, 1.807) is 24.3 Å². The number of carbonyl (C=O) groups is 2. The van der Waals surface area contributed by atoms with Crippen molar-refractivity contribution in [3.05, 3.63) is 101 Å². The number of ketones is 2. The van der Waals surface area contributed by atoms with Gasteiger partial charge in [0.2, 0.25) is 11.6 Å². The third kappa shape index (κ3) is 2.75. The molecule has 0 fully saturated rings. The van der Waals surface area contributed by atoms with Crippen LogP contribution in [0, 0.1) is 0 Å². The van der Waals surface area contributed by atoms with Gasteiger partial charge in [-0.05, 0) is 28.7 Å². The number of Topliss-reactive ketones (excluding diaryl/α,β-unsaturated/α-hetero) is 2. The molecule has 1 N–H and O–H groups in total. The molecule has 0 aliphatic heterocycles. The molecule has 0 aromatic heterocycles. The van der Waals surface area contributed by atoms with E-state index >= 15 is 0 Å². The van der Waals surface area contributed by atoms with E-state index in [0.717, 1.165) is 5.69 Å². The van der Waals surface area contributed by atoms with E-state index in [1.165, 1.54) is 5.56 Å². The molecular formula is C25H23NO2. The molecule has 0 saturated carbocycles. The molecule has 0 amide bonds. The van der Waals surface area contributed by atoms with E-state index in [1.807, 2.05) is 54.6 Å². The van der Waals surface area contributed by atoms with Crippen molar-refractivity contribution in [3.8, 4) is 0 Å². The SMILES string of the molecule is CC(C)(C)c1ccc(NC2(c3ccccc3)C(=O)c3ccccc3C2=O)cc1. The average molecular weight is 369 g/mol. The fourth-order valence-corrected chi connectivity index (χ4v) is 3.79. The van der Waals surface area contributed by atoms with Crippen LogP contribution in [0.4, 0.5) is 5.69 Å². The Hall–Kier alpha value is -3.20. The predicted molar refractivity (Wildman–Crippen MR) is 112 cm³/mol. The molecule has 28 heavy (non-hydrogen) atoms. The van der Waals surface area contributed by atoms with Gasteiger partial charge in [0.15, 0.2) is 5.54 Å². The van der Waals surface area contributed by atoms with E-state index in [4.69, 9.17) is 0 Å². The van der Waals surface area contributed by atoms with Gasteiger partial charge in [-0.2, -0.15) is 0 Å². The van der Waals surface area contributed by atoms with Crippen LogP contribution in [0.3, 0.4) is 0 Å². The second-order valence-corrected chi connectivity index (χ2v) is 8.27. The first-order valence-electron chi connectivity index (χ1n) is 9.47. The van der Waals surface area contributed by atoms with Gasteiger partial charge in [-0.25, -0.2) is 0 Å². The van der Waals surface area contributed by atoms with Crippen LogP contribution in [0.25, 0.3) is 0 Å². The minimum Gasteiger partial charge on any atom is -0.363 e. The Balaban J connectivity index is 1.83. The molecule has 0 unspecified atom stereocenters. The first-order valence-corrected chi connectivity index (χ1v) is 9.47. The summed E-state index contributed by atoms with van der Waals surface area (Å²) >= 11 is 0. The van der Waals surface area contributed by atoms with E-state index in [9.17, 15) is 9.59 Å². The van der Waals surface area contributed by atoms with Crippen LogP contribution in [0.1, 0.15) is 52.6 Å². The molecule has 0 atom stereocenters. The van der Waals surface area contributed by atoms with Crippen LogP contribution in [-0.4, -0.2) is 11.6 Å². The zero-order valence-electron chi connectivity index (χ0n) is 16.3. The number of carbonyl (C=O) groups excluding carboxylic acids is 2. The van der Waals surface area contributed by atoms with E-state index in [2.05, 4.69) is 26.1 Å². The highest BCUT2D eigenvalue weighted by atomic mass is 16.2. The Morgan fingerprint density at radius 3 is 1.68 bits per heavy atom. The van der Waals surface area contributed by atoms with Crippen molar-refractivity contribution >= 4 is 17.3 Å². The number of hydrogen-bond acceptors (Lipinski definition) is 3. The summed E-state index contributed by atoms with van der Waals surface area (Å²) < 4.78 is 0. The molecule has 3 aromatic rings. The number of benzene rings is 3. The molecule has 0 spiro atoms. The van der Waals surface area contributed by atoms with Gasteiger partial charge in [-0.1, -0.05) is 87.5 Å². The van der Waals surface area contributed by atoms with Gasteiger partial charge < -0.3 is 5.32 Å². The highest BCUT2D eigenvalue weighted by molar-refractivity contribution is 6.34. The summed E-state index contributed by atoms with van der Waals surface area (Å²) in [4.78, 5) is 27.0. The summed E-state index contributed by atoms with van der Waals surface area (Å²) in [5, 5.41) is 3.30. The predicted octanol–water partition coefficient (Wildman–Crippen LogP) is 5.37. The fraction of sp³-hybridized carbons (Fsp3) is 0.200. The summed E-state index contributed by atoms with van der Waals surface area (Å²) in [6.45, 7) is 6.46. The van der Waals surface area contributed by atoms with Gasteiger partial charge in [0.1, 0.15) is 0 Å². The Labute approximate surface area is 165 Å². The summed E-state index contributed by atoms with van der Waals surface area (Å²) in [7, 11) is 0. The zero-order valence-corrected chi connectivity index (χ0v) is 16.3. The summed E-state index contributed by atoms with van der Waals surface area (Å²) in [5.41, 5.74) is 2.12. The van der Waals surface area contributed by atoms with Crippen LogP contribution in [0.15, 0.2) is 78.9 Å². The van der Waals surface area contributed by atoms with Crippen LogP contribution in [0.2, 0.25) is 0 Å². The first-order chi connectivity index (χ1) is 13.3. The molecule has 4 rings (SSSR count). The van der Waals surface area contributed by atoms with Crippen LogP contribution in [0.5, 0.6) is 0 Å². The molecular weight excluding hydrogens is 346 g/mol. The third-order valence-corrected chi connectivity index (χ3v) is 5.39. The van der Waals surface area contributed by atoms with Crippen molar-refractivity contribution in [1.82, 2.24) is 0 Å². The van der Waals surface area contributed by atoms with Gasteiger partial charge in [0.05, 0.1) is 0 Å². The topological polar surface area (TPSA) is 46.2 Å². The lowest BCUT2D eigenvalue weighted by molar-refractivity contribution is 0.0819. The van der Waals surface area contributed by atoms with Gasteiger partial charge in [0.25, 0.3) is 0 Å². The maximum atomic E-state index is 13.5. The molecule has 3 aromatic carbocycles. The summed E-state index contributed by atoms with van der Waals surface area (Å²) in [6, 6.07) is 24.3. The van der Waals surface area contributed by atoms with Crippen molar-refractivity contribution in [3.63, 3.8) is 0 Å². The second kappa shape index (κ2) is 6.45. The molecule has 0 radical (unpaired) electrons. The maximum absolute atomic E-state index is 13.5. The largest absolute Gasteiger partial charge is 0.363 e. The summed E-state index contributed by atoms with van der Waals surface area (Å²) in [6.07, 6.45) is 0. The Morgan fingerprint density at radius 2 is 1.18 bits per heavy atom. The second-order valence-electron chi connectivity index (χ2n) is 8.27. The highest BCUT2D eigenvalue weighted by Gasteiger charge is 2.54. The molecule has 3 heteroatoms. The number of fused-ring (bicyclic) bond motifs is 1. The monoisotopic (exact) mass is 369 g/mol. The highest BCUT2D eigenvalue weighted by Crippen LogP contribution is 2.40. The van der Waals surface area contributed by atoms with E-state index in [-0.39, 0.29) is 17.0 Å². The molecule has 1 aliphatic rings. The Kier molecular flexibility index (Phi) is 4.19. The van der Waals surface area contributed by atoms with E-state index in [0.29, 0.717) is 16.7 Å². The van der Waals surface area contributed by atoms with Crippen molar-refractivity contribution in [2.45, 2.75) is 31.7 Å². The molecule has 0 saturated heterocycles. The lowest BCUT2D eigenvalue weighted by Crippen LogP contribution is -2.46. The lowest BCUT2D eigenvalue weighted by Gasteiger charge is -2.29. The van der Waals surface area contributed by atoms with Crippen molar-refractivity contribution < 1.29 is 9.59 Å². The third-order valence-electron chi connectivity index (χ3n) is 5.39. The lowest BCUT2D eigenvalue weighted by atomic mass is 9.84. The smallest absolute Gasteiger partial charge is 0.201 e. The van der Waals surface area contributed by atoms with Gasteiger partial charge in [-0.15, -0.1) is 0 Å². The van der Waals surface area contributed by atoms with E-state index < -0.39 is 5.54 Å². The Morgan fingerprint density at radius 1 is 0.679 bits per heavy atom. The standard InChI is InChI=1S/C25H23NO2/c1-24(2,3)17-13-15-19(16-14-17)26-25(18-9-5-4-6-10-18)22(27)20-11-7-8-12-21(20)23(25)28/h4-16,26H,1-3H3. The van der Waals surface area contributed by atoms with Gasteiger partial charge in [-0.3, -0.25) is 9.59 Å². The van der Waals surface area contributed by atoms with Crippen LogP contribution < -0.4 is 5.32 Å². The van der Waals surface area contributed by atoms with Crippen LogP contribution >= 0.6 is 0 Å². The minimum atomic E-state index is -1.44. The van der Waals surface area contributed by atoms with Crippen molar-refractivity contribution in [2.24, 2.45) is 0 Å². The number of rotatable bonds is 3. The number of anilines is 1. The molecule has 0 bridgehead atoms. The fourth-order valence-electron chi connectivity index (χ4n) is 3.79. The number of nitrogens with one attached hydrogen (secondary N) is 1. The van der Waals surface area contributed by atoms with Crippen molar-refractivity contribution in [2.75, 3.05) is 5.32 Å². The normalized spacial score (nSPS) is 15.4. The number of hydrogen-bond donors (Lipinski definition) is 1. The van der Waals surface area contributed by atoms with Gasteiger partial charge in [0, 0.05) is 16.8 Å². The first kappa shape index (κ1) is 18.2. The molecule has 0 heterocycles. The quantitative estimate of drug-likeness (QED) is 0.631. The summed E-state index contributed by atoms with van der Waals surface area (Å²) in [5.74, 6) is -0.418. The van der Waals surface area contributed by atoms with Gasteiger partial charge >= 0.3 is 0 Å². The minimum absolute atomic E-state index is 0.0326. The van der Waals surface area contributed by atoms with Crippen LogP contribution in [-0.2, 0) is 11.0 Å². The maximum Gasteiger partial charge on any atom is 0.201 e. The molecule has 3 nitrogen and oxygen atoms in total. The zero-order chi connectivity index (χ0) is 19.9.